The molecule has 0 amide bonds. The van der Waals surface area contributed by atoms with Gasteiger partial charge < -0.3 is 25.7 Å². The molecule has 16 heavy (non-hydrogen) atoms. The number of benzene rings is 1. The highest BCUT2D eigenvalue weighted by molar-refractivity contribution is 5.52. The van der Waals surface area contributed by atoms with Crippen LogP contribution in [0.4, 0.5) is 0 Å². The molecule has 0 heterocycles. The molecule has 0 aliphatic heterocycles. The largest absolute Gasteiger partial charge is 0.496 e. The molecule has 0 radical (unpaired) electrons. The highest BCUT2D eigenvalue weighted by Gasteiger charge is 2.18. The second-order valence-electron chi connectivity index (χ2n) is 3.29. The number of ether oxygens (including phenoxy) is 3. The van der Waals surface area contributed by atoms with Gasteiger partial charge in [0, 0.05) is 24.7 Å². The Labute approximate surface area is 95.3 Å². The highest BCUT2D eigenvalue weighted by atomic mass is 16.5. The Bertz CT molecular complexity index is 330. The number of methoxy groups -OCH3 is 3. The summed E-state index contributed by atoms with van der Waals surface area (Å²) in [6.07, 6.45) is 0. The van der Waals surface area contributed by atoms with Crippen molar-refractivity contribution in [3.63, 3.8) is 0 Å². The van der Waals surface area contributed by atoms with Crippen LogP contribution in [0.25, 0.3) is 0 Å². The minimum atomic E-state index is -0.323. The summed E-state index contributed by atoms with van der Waals surface area (Å²) in [7, 11) is 4.72. The molecule has 0 unspecified atom stereocenters. The molecule has 5 heteroatoms. The molecule has 0 aliphatic rings. The molecule has 0 saturated carbocycles. The Balaban J connectivity index is 3.31. The van der Waals surface area contributed by atoms with Crippen molar-refractivity contribution in [2.24, 2.45) is 11.5 Å². The summed E-state index contributed by atoms with van der Waals surface area (Å²) < 4.78 is 15.7. The lowest BCUT2D eigenvalue weighted by Gasteiger charge is -2.18. The Hall–Kier alpha value is -1.46. The third-order valence-electron chi connectivity index (χ3n) is 2.38. The van der Waals surface area contributed by atoms with Crippen molar-refractivity contribution in [1.82, 2.24) is 0 Å². The van der Waals surface area contributed by atoms with Gasteiger partial charge in [0.05, 0.1) is 26.9 Å². The fourth-order valence-corrected chi connectivity index (χ4v) is 1.52. The number of nitrogens with two attached hydrogens (primary N) is 2. The maximum Gasteiger partial charge on any atom is 0.131 e. The van der Waals surface area contributed by atoms with E-state index in [-0.39, 0.29) is 6.04 Å². The van der Waals surface area contributed by atoms with Crippen molar-refractivity contribution < 1.29 is 14.2 Å². The average Bonchev–Trinajstić information content (AvgIpc) is 2.35. The molecule has 0 spiro atoms. The maximum atomic E-state index is 5.91. The van der Waals surface area contributed by atoms with Gasteiger partial charge in [-0.1, -0.05) is 0 Å². The summed E-state index contributed by atoms with van der Waals surface area (Å²) in [5, 5.41) is 0. The molecular weight excluding hydrogens is 208 g/mol. The topological polar surface area (TPSA) is 79.7 Å². The first kappa shape index (κ1) is 12.6. The van der Waals surface area contributed by atoms with E-state index in [0.29, 0.717) is 23.8 Å². The lowest BCUT2D eigenvalue weighted by molar-refractivity contribution is 0.364. The van der Waals surface area contributed by atoms with Crippen LogP contribution in [0.3, 0.4) is 0 Å². The fraction of sp³-hybridized carbons (Fsp3) is 0.455. The fourth-order valence-electron chi connectivity index (χ4n) is 1.52. The molecule has 0 fully saturated rings. The summed E-state index contributed by atoms with van der Waals surface area (Å²) >= 11 is 0. The second kappa shape index (κ2) is 5.58. The molecule has 1 atom stereocenters. The molecule has 0 bridgehead atoms. The smallest absolute Gasteiger partial charge is 0.131 e. The van der Waals surface area contributed by atoms with Gasteiger partial charge in [-0.15, -0.1) is 0 Å². The molecule has 1 aromatic carbocycles. The van der Waals surface area contributed by atoms with Crippen LogP contribution in [0.5, 0.6) is 17.2 Å². The predicted molar refractivity (Wildman–Crippen MR) is 62.1 cm³/mol. The predicted octanol–water partition coefficient (Wildman–Crippen LogP) is 0.671. The van der Waals surface area contributed by atoms with E-state index in [4.69, 9.17) is 25.7 Å². The SMILES string of the molecule is COc1cc(OC)c([C@@H](N)CN)c(OC)c1. The quantitative estimate of drug-likeness (QED) is 0.771. The third-order valence-corrected chi connectivity index (χ3v) is 2.38. The summed E-state index contributed by atoms with van der Waals surface area (Å²) in [5.74, 6) is 1.89. The summed E-state index contributed by atoms with van der Waals surface area (Å²) in [6, 6.07) is 3.19. The Morgan fingerprint density at radius 1 is 1.06 bits per heavy atom. The third kappa shape index (κ3) is 2.37. The summed E-state index contributed by atoms with van der Waals surface area (Å²) in [6.45, 7) is 0.319. The standard InChI is InChI=1S/C11H18N2O3/c1-14-7-4-9(15-2)11(8(13)6-12)10(5-7)16-3/h4-5,8H,6,12-13H2,1-3H3/t8-/m0/s1. The van der Waals surface area contributed by atoms with E-state index in [1.807, 2.05) is 0 Å². The minimum Gasteiger partial charge on any atom is -0.496 e. The van der Waals surface area contributed by atoms with Crippen LogP contribution in [0.15, 0.2) is 12.1 Å². The maximum absolute atomic E-state index is 5.91. The van der Waals surface area contributed by atoms with Gasteiger partial charge in [-0.2, -0.15) is 0 Å². The van der Waals surface area contributed by atoms with Crippen molar-refractivity contribution >= 4 is 0 Å². The molecule has 1 aromatic rings. The van der Waals surface area contributed by atoms with Crippen molar-refractivity contribution in [2.45, 2.75) is 6.04 Å². The zero-order valence-electron chi connectivity index (χ0n) is 9.82. The second-order valence-corrected chi connectivity index (χ2v) is 3.29. The van der Waals surface area contributed by atoms with E-state index < -0.39 is 0 Å². The van der Waals surface area contributed by atoms with Gasteiger partial charge in [0.25, 0.3) is 0 Å². The van der Waals surface area contributed by atoms with E-state index in [9.17, 15) is 0 Å². The van der Waals surface area contributed by atoms with Gasteiger partial charge in [0.15, 0.2) is 0 Å². The van der Waals surface area contributed by atoms with E-state index in [0.717, 1.165) is 5.56 Å². The first-order chi connectivity index (χ1) is 7.67. The normalized spacial score (nSPS) is 12.1. The Morgan fingerprint density at radius 2 is 1.56 bits per heavy atom. The Morgan fingerprint density at radius 3 is 1.88 bits per heavy atom. The van der Waals surface area contributed by atoms with Crippen molar-refractivity contribution in [1.29, 1.82) is 0 Å². The number of rotatable bonds is 5. The van der Waals surface area contributed by atoms with Gasteiger partial charge >= 0.3 is 0 Å². The van der Waals surface area contributed by atoms with Crippen LogP contribution >= 0.6 is 0 Å². The van der Waals surface area contributed by atoms with Gasteiger partial charge in [-0.05, 0) is 0 Å². The molecule has 90 valence electrons. The van der Waals surface area contributed by atoms with Crippen LogP contribution in [0.2, 0.25) is 0 Å². The minimum absolute atomic E-state index is 0.319. The van der Waals surface area contributed by atoms with Crippen molar-refractivity contribution in [3.8, 4) is 17.2 Å². The lowest BCUT2D eigenvalue weighted by Crippen LogP contribution is -2.22. The van der Waals surface area contributed by atoms with Crippen molar-refractivity contribution in [3.05, 3.63) is 17.7 Å². The summed E-state index contributed by atoms with van der Waals surface area (Å²) in [4.78, 5) is 0. The summed E-state index contributed by atoms with van der Waals surface area (Å²) in [5.41, 5.74) is 12.2. The Kier molecular flexibility index (Phi) is 4.39. The van der Waals surface area contributed by atoms with Gasteiger partial charge in [-0.25, -0.2) is 0 Å². The van der Waals surface area contributed by atoms with Crippen molar-refractivity contribution in [2.75, 3.05) is 27.9 Å². The zero-order valence-corrected chi connectivity index (χ0v) is 9.82. The first-order valence-corrected chi connectivity index (χ1v) is 4.93. The molecule has 5 nitrogen and oxygen atoms in total. The monoisotopic (exact) mass is 226 g/mol. The molecule has 4 N–H and O–H groups in total. The van der Waals surface area contributed by atoms with E-state index >= 15 is 0 Å². The molecule has 0 aromatic heterocycles. The zero-order chi connectivity index (χ0) is 12.1. The van der Waals surface area contributed by atoms with Crippen LogP contribution in [-0.4, -0.2) is 27.9 Å². The first-order valence-electron chi connectivity index (χ1n) is 4.93. The van der Waals surface area contributed by atoms with Crippen LogP contribution in [0, 0.1) is 0 Å². The van der Waals surface area contributed by atoms with Crippen LogP contribution < -0.4 is 25.7 Å². The number of hydrogen-bond acceptors (Lipinski definition) is 5. The highest BCUT2D eigenvalue weighted by Crippen LogP contribution is 2.37. The van der Waals surface area contributed by atoms with E-state index in [2.05, 4.69) is 0 Å². The average molecular weight is 226 g/mol. The molecular formula is C11H18N2O3. The van der Waals surface area contributed by atoms with E-state index in [1.54, 1.807) is 33.5 Å². The van der Waals surface area contributed by atoms with E-state index in [1.165, 1.54) is 0 Å². The number of hydrogen-bond donors (Lipinski definition) is 2. The molecule has 0 aliphatic carbocycles. The molecule has 0 saturated heterocycles. The van der Waals surface area contributed by atoms with Gasteiger partial charge in [0.1, 0.15) is 17.2 Å². The van der Waals surface area contributed by atoms with Crippen LogP contribution in [-0.2, 0) is 0 Å². The van der Waals surface area contributed by atoms with Crippen LogP contribution in [0.1, 0.15) is 11.6 Å². The van der Waals surface area contributed by atoms with Gasteiger partial charge in [-0.3, -0.25) is 0 Å². The van der Waals surface area contributed by atoms with Gasteiger partial charge in [0.2, 0.25) is 0 Å². The lowest BCUT2D eigenvalue weighted by atomic mass is 10.0. The molecule has 1 rings (SSSR count).